The van der Waals surface area contributed by atoms with Crippen molar-refractivity contribution < 1.29 is 14.6 Å². The van der Waals surface area contributed by atoms with Crippen LogP contribution in [0.15, 0.2) is 24.3 Å². The largest absolute Gasteiger partial charge is 0.494 e. The minimum absolute atomic E-state index is 0.144. The van der Waals surface area contributed by atoms with E-state index in [2.05, 4.69) is 5.32 Å². The van der Waals surface area contributed by atoms with Gasteiger partial charge >= 0.3 is 5.97 Å². The van der Waals surface area contributed by atoms with Gasteiger partial charge in [-0.3, -0.25) is 4.79 Å². The van der Waals surface area contributed by atoms with Crippen molar-refractivity contribution in [2.24, 2.45) is 0 Å². The summed E-state index contributed by atoms with van der Waals surface area (Å²) in [5.41, 5.74) is 1.09. The van der Waals surface area contributed by atoms with Crippen molar-refractivity contribution in [3.63, 3.8) is 0 Å². The van der Waals surface area contributed by atoms with E-state index in [4.69, 9.17) is 9.84 Å². The molecule has 2 N–H and O–H groups in total. The van der Waals surface area contributed by atoms with Gasteiger partial charge in [0.1, 0.15) is 5.75 Å². The quantitative estimate of drug-likeness (QED) is 0.690. The minimum Gasteiger partial charge on any atom is -0.494 e. The Hall–Kier alpha value is -1.55. The average molecular weight is 223 g/mol. The van der Waals surface area contributed by atoms with Crippen molar-refractivity contribution in [2.75, 3.05) is 13.2 Å². The lowest BCUT2D eigenvalue weighted by Gasteiger charge is -2.06. The molecule has 0 spiro atoms. The number of rotatable bonds is 7. The molecule has 1 rings (SSSR count). The van der Waals surface area contributed by atoms with Crippen LogP contribution in [0.1, 0.15) is 18.9 Å². The smallest absolute Gasteiger partial charge is 0.304 e. The molecular weight excluding hydrogens is 206 g/mol. The molecule has 4 nitrogen and oxygen atoms in total. The highest BCUT2D eigenvalue weighted by Gasteiger charge is 1.98. The van der Waals surface area contributed by atoms with Crippen LogP contribution < -0.4 is 10.1 Å². The van der Waals surface area contributed by atoms with Gasteiger partial charge in [-0.25, -0.2) is 0 Å². The predicted molar refractivity (Wildman–Crippen MR) is 61.6 cm³/mol. The molecule has 0 aliphatic carbocycles. The number of carbonyl (C=O) groups is 1. The van der Waals surface area contributed by atoms with E-state index >= 15 is 0 Å². The van der Waals surface area contributed by atoms with Crippen LogP contribution in [0.2, 0.25) is 0 Å². The lowest BCUT2D eigenvalue weighted by molar-refractivity contribution is -0.136. The number of ether oxygens (including phenoxy) is 1. The van der Waals surface area contributed by atoms with Crippen molar-refractivity contribution in [2.45, 2.75) is 19.9 Å². The molecule has 0 aliphatic rings. The van der Waals surface area contributed by atoms with Crippen LogP contribution in [0.4, 0.5) is 0 Å². The first-order valence-electron chi connectivity index (χ1n) is 5.36. The Kier molecular flexibility index (Phi) is 5.36. The van der Waals surface area contributed by atoms with Crippen molar-refractivity contribution in [3.05, 3.63) is 29.8 Å². The van der Waals surface area contributed by atoms with Crippen LogP contribution in [0, 0.1) is 0 Å². The molecule has 88 valence electrons. The SMILES string of the molecule is CCOc1cccc(CNCCC(=O)O)c1. The van der Waals surface area contributed by atoms with E-state index in [-0.39, 0.29) is 6.42 Å². The molecule has 0 aromatic heterocycles. The summed E-state index contributed by atoms with van der Waals surface area (Å²) in [6, 6.07) is 7.77. The third-order valence-electron chi connectivity index (χ3n) is 2.05. The maximum Gasteiger partial charge on any atom is 0.304 e. The first-order chi connectivity index (χ1) is 7.72. The second-order valence-electron chi connectivity index (χ2n) is 3.40. The highest BCUT2D eigenvalue weighted by molar-refractivity contribution is 5.66. The summed E-state index contributed by atoms with van der Waals surface area (Å²) in [7, 11) is 0. The molecule has 0 unspecified atom stereocenters. The molecule has 0 heterocycles. The van der Waals surface area contributed by atoms with Gasteiger partial charge in [0, 0.05) is 13.1 Å². The molecule has 1 aromatic carbocycles. The summed E-state index contributed by atoms with van der Waals surface area (Å²) in [6.45, 7) is 3.73. The van der Waals surface area contributed by atoms with Crippen molar-refractivity contribution in [1.29, 1.82) is 0 Å². The Labute approximate surface area is 95.2 Å². The molecular formula is C12H17NO3. The van der Waals surface area contributed by atoms with E-state index in [1.54, 1.807) is 0 Å². The third-order valence-corrected chi connectivity index (χ3v) is 2.05. The van der Waals surface area contributed by atoms with E-state index in [0.717, 1.165) is 11.3 Å². The van der Waals surface area contributed by atoms with Gasteiger partial charge in [0.15, 0.2) is 0 Å². The van der Waals surface area contributed by atoms with Gasteiger partial charge in [-0.05, 0) is 24.6 Å². The molecule has 0 radical (unpaired) electrons. The number of benzene rings is 1. The highest BCUT2D eigenvalue weighted by Crippen LogP contribution is 2.12. The van der Waals surface area contributed by atoms with Gasteiger partial charge in [-0.15, -0.1) is 0 Å². The molecule has 0 saturated heterocycles. The van der Waals surface area contributed by atoms with Crippen LogP contribution in [0.5, 0.6) is 5.75 Å². The number of carboxylic acids is 1. The Balaban J connectivity index is 2.35. The number of hydrogen-bond donors (Lipinski definition) is 2. The molecule has 16 heavy (non-hydrogen) atoms. The molecule has 1 aromatic rings. The molecule has 0 amide bonds. The summed E-state index contributed by atoms with van der Waals surface area (Å²) in [5, 5.41) is 11.5. The zero-order valence-electron chi connectivity index (χ0n) is 9.40. The molecule has 0 fully saturated rings. The third kappa shape index (κ3) is 4.79. The van der Waals surface area contributed by atoms with Crippen LogP contribution in [-0.2, 0) is 11.3 Å². The summed E-state index contributed by atoms with van der Waals surface area (Å²) in [6.07, 6.45) is 0.144. The normalized spacial score (nSPS) is 10.1. The number of carboxylic acid groups (broad SMARTS) is 1. The van der Waals surface area contributed by atoms with Gasteiger partial charge in [0.05, 0.1) is 13.0 Å². The molecule has 4 heteroatoms. The van der Waals surface area contributed by atoms with Gasteiger partial charge in [0.2, 0.25) is 0 Å². The summed E-state index contributed by atoms with van der Waals surface area (Å²) < 4.78 is 5.37. The fraction of sp³-hybridized carbons (Fsp3) is 0.417. The van der Waals surface area contributed by atoms with Crippen LogP contribution in [-0.4, -0.2) is 24.2 Å². The second kappa shape index (κ2) is 6.85. The molecule has 0 bridgehead atoms. The van der Waals surface area contributed by atoms with Crippen molar-refractivity contribution in [3.8, 4) is 5.75 Å². The predicted octanol–water partition coefficient (Wildman–Crippen LogP) is 1.65. The van der Waals surface area contributed by atoms with E-state index in [0.29, 0.717) is 19.7 Å². The number of hydrogen-bond acceptors (Lipinski definition) is 3. The molecule has 0 aliphatic heterocycles. The fourth-order valence-electron chi connectivity index (χ4n) is 1.34. The first-order valence-corrected chi connectivity index (χ1v) is 5.36. The van der Waals surface area contributed by atoms with E-state index in [1.165, 1.54) is 0 Å². The Morgan fingerprint density at radius 1 is 1.50 bits per heavy atom. The Bertz CT molecular complexity index is 339. The Morgan fingerprint density at radius 2 is 2.31 bits per heavy atom. The zero-order valence-corrected chi connectivity index (χ0v) is 9.40. The van der Waals surface area contributed by atoms with E-state index in [1.807, 2.05) is 31.2 Å². The van der Waals surface area contributed by atoms with Gasteiger partial charge in [0.25, 0.3) is 0 Å². The lowest BCUT2D eigenvalue weighted by atomic mass is 10.2. The lowest BCUT2D eigenvalue weighted by Crippen LogP contribution is -2.17. The van der Waals surface area contributed by atoms with E-state index in [9.17, 15) is 4.79 Å². The highest BCUT2D eigenvalue weighted by atomic mass is 16.5. The van der Waals surface area contributed by atoms with Crippen LogP contribution in [0.25, 0.3) is 0 Å². The summed E-state index contributed by atoms with van der Waals surface area (Å²) in [5.74, 6) is 0.0654. The average Bonchev–Trinajstić information content (AvgIpc) is 2.25. The number of nitrogens with one attached hydrogen (secondary N) is 1. The maximum atomic E-state index is 10.3. The van der Waals surface area contributed by atoms with Gasteiger partial charge < -0.3 is 15.2 Å². The summed E-state index contributed by atoms with van der Waals surface area (Å²) in [4.78, 5) is 10.3. The standard InChI is InChI=1S/C12H17NO3/c1-2-16-11-5-3-4-10(8-11)9-13-7-6-12(14)15/h3-5,8,13H,2,6-7,9H2,1H3,(H,14,15). The van der Waals surface area contributed by atoms with Crippen LogP contribution >= 0.6 is 0 Å². The van der Waals surface area contributed by atoms with Crippen LogP contribution in [0.3, 0.4) is 0 Å². The molecule has 0 saturated carbocycles. The summed E-state index contributed by atoms with van der Waals surface area (Å²) >= 11 is 0. The Morgan fingerprint density at radius 3 is 3.00 bits per heavy atom. The zero-order chi connectivity index (χ0) is 11.8. The van der Waals surface area contributed by atoms with Crippen molar-refractivity contribution in [1.82, 2.24) is 5.32 Å². The van der Waals surface area contributed by atoms with Gasteiger partial charge in [-0.1, -0.05) is 12.1 Å². The van der Waals surface area contributed by atoms with E-state index < -0.39 is 5.97 Å². The minimum atomic E-state index is -0.782. The number of aliphatic carboxylic acids is 1. The maximum absolute atomic E-state index is 10.3. The first kappa shape index (κ1) is 12.5. The van der Waals surface area contributed by atoms with Gasteiger partial charge in [-0.2, -0.15) is 0 Å². The van der Waals surface area contributed by atoms with Crippen molar-refractivity contribution >= 4 is 5.97 Å². The molecule has 0 atom stereocenters. The second-order valence-corrected chi connectivity index (χ2v) is 3.40. The topological polar surface area (TPSA) is 58.6 Å². The monoisotopic (exact) mass is 223 g/mol. The fourth-order valence-corrected chi connectivity index (χ4v) is 1.34.